The summed E-state index contributed by atoms with van der Waals surface area (Å²) in [5.74, 6) is 0.697. The first-order valence-corrected chi connectivity index (χ1v) is 6.99. The molecule has 1 aliphatic rings. The van der Waals surface area contributed by atoms with Crippen molar-refractivity contribution in [3.05, 3.63) is 27.7 Å². The minimum atomic E-state index is 0.0705. The van der Waals surface area contributed by atoms with E-state index in [4.69, 9.17) is 21.1 Å². The van der Waals surface area contributed by atoms with Crippen molar-refractivity contribution in [2.24, 2.45) is 0 Å². The van der Waals surface area contributed by atoms with E-state index in [1.165, 1.54) is 0 Å². The lowest BCUT2D eigenvalue weighted by Gasteiger charge is -2.40. The molecule has 0 spiro atoms. The molecule has 0 heterocycles. The SMILES string of the molecule is COC1C(Br)CC1Oc1cc(Br)ccc1Cl. The molecule has 1 aliphatic carbocycles. The summed E-state index contributed by atoms with van der Waals surface area (Å²) in [6, 6.07) is 5.57. The van der Waals surface area contributed by atoms with E-state index in [0.717, 1.165) is 10.9 Å². The van der Waals surface area contributed by atoms with Gasteiger partial charge in [-0.3, -0.25) is 0 Å². The third kappa shape index (κ3) is 2.55. The molecule has 0 aliphatic heterocycles. The van der Waals surface area contributed by atoms with E-state index >= 15 is 0 Å². The molecule has 5 heteroatoms. The molecule has 1 aromatic carbocycles. The number of hydrogen-bond donors (Lipinski definition) is 0. The van der Waals surface area contributed by atoms with E-state index in [-0.39, 0.29) is 12.2 Å². The number of rotatable bonds is 3. The fourth-order valence-corrected chi connectivity index (χ4v) is 3.10. The van der Waals surface area contributed by atoms with Crippen molar-refractivity contribution in [1.82, 2.24) is 0 Å². The molecule has 0 bridgehead atoms. The molecule has 88 valence electrons. The predicted octanol–water partition coefficient (Wildman–Crippen LogP) is 4.03. The fraction of sp³-hybridized carbons (Fsp3) is 0.455. The Balaban J connectivity index is 2.07. The highest BCUT2D eigenvalue weighted by atomic mass is 79.9. The molecule has 0 radical (unpaired) electrons. The van der Waals surface area contributed by atoms with Gasteiger partial charge in [-0.15, -0.1) is 0 Å². The summed E-state index contributed by atoms with van der Waals surface area (Å²) < 4.78 is 12.1. The van der Waals surface area contributed by atoms with E-state index in [1.807, 2.05) is 18.2 Å². The maximum Gasteiger partial charge on any atom is 0.139 e. The van der Waals surface area contributed by atoms with Crippen LogP contribution in [0.1, 0.15) is 6.42 Å². The molecule has 1 fully saturated rings. The van der Waals surface area contributed by atoms with Gasteiger partial charge in [0.05, 0.1) is 5.02 Å². The Labute approximate surface area is 117 Å². The van der Waals surface area contributed by atoms with Gasteiger partial charge in [-0.25, -0.2) is 0 Å². The van der Waals surface area contributed by atoms with Crippen LogP contribution in [0.2, 0.25) is 5.02 Å². The lowest BCUT2D eigenvalue weighted by Crippen LogP contribution is -2.51. The molecule has 0 saturated heterocycles. The molecule has 2 rings (SSSR count). The summed E-state index contributed by atoms with van der Waals surface area (Å²) >= 11 is 13.0. The Bertz CT molecular complexity index is 386. The highest BCUT2D eigenvalue weighted by molar-refractivity contribution is 9.10. The van der Waals surface area contributed by atoms with E-state index in [0.29, 0.717) is 15.6 Å². The van der Waals surface area contributed by atoms with Crippen LogP contribution in [0.4, 0.5) is 0 Å². The van der Waals surface area contributed by atoms with Crippen LogP contribution in [0.5, 0.6) is 5.75 Å². The molecule has 0 aromatic heterocycles. The number of halogens is 3. The second kappa shape index (κ2) is 5.25. The van der Waals surface area contributed by atoms with E-state index < -0.39 is 0 Å². The average molecular weight is 370 g/mol. The molecule has 0 amide bonds. The lowest BCUT2D eigenvalue weighted by molar-refractivity contribution is -0.0544. The smallest absolute Gasteiger partial charge is 0.139 e. The van der Waals surface area contributed by atoms with Gasteiger partial charge in [0.2, 0.25) is 0 Å². The van der Waals surface area contributed by atoms with E-state index in [2.05, 4.69) is 31.9 Å². The molecule has 1 saturated carbocycles. The van der Waals surface area contributed by atoms with Crippen molar-refractivity contribution in [2.75, 3.05) is 7.11 Å². The van der Waals surface area contributed by atoms with Crippen molar-refractivity contribution in [1.29, 1.82) is 0 Å². The van der Waals surface area contributed by atoms with Crippen molar-refractivity contribution < 1.29 is 9.47 Å². The summed E-state index contributed by atoms with van der Waals surface area (Å²) in [6.45, 7) is 0. The number of alkyl halides is 1. The van der Waals surface area contributed by atoms with Crippen LogP contribution in [0.25, 0.3) is 0 Å². The zero-order valence-electron chi connectivity index (χ0n) is 8.62. The van der Waals surface area contributed by atoms with Crippen LogP contribution >= 0.6 is 43.5 Å². The van der Waals surface area contributed by atoms with Gasteiger partial charge in [-0.05, 0) is 18.2 Å². The predicted molar refractivity (Wildman–Crippen MR) is 71.7 cm³/mol. The van der Waals surface area contributed by atoms with E-state index in [9.17, 15) is 0 Å². The third-order valence-corrected chi connectivity index (χ3v) is 4.32. The summed E-state index contributed by atoms with van der Waals surface area (Å²) in [5.41, 5.74) is 0. The monoisotopic (exact) mass is 368 g/mol. The van der Waals surface area contributed by atoms with Crippen molar-refractivity contribution in [3.8, 4) is 5.75 Å². The van der Waals surface area contributed by atoms with Crippen LogP contribution in [0.3, 0.4) is 0 Å². The number of benzene rings is 1. The summed E-state index contributed by atoms with van der Waals surface area (Å²) in [7, 11) is 1.69. The molecule has 16 heavy (non-hydrogen) atoms. The summed E-state index contributed by atoms with van der Waals surface area (Å²) in [5, 5.41) is 0.621. The van der Waals surface area contributed by atoms with Crippen molar-refractivity contribution in [3.63, 3.8) is 0 Å². The molecular formula is C11H11Br2ClO2. The third-order valence-electron chi connectivity index (χ3n) is 2.62. The maximum atomic E-state index is 6.05. The molecule has 3 atom stereocenters. The van der Waals surface area contributed by atoms with E-state index in [1.54, 1.807) is 7.11 Å². The van der Waals surface area contributed by atoms with Crippen LogP contribution in [0, 0.1) is 0 Å². The van der Waals surface area contributed by atoms with Crippen LogP contribution in [0.15, 0.2) is 22.7 Å². The molecule has 2 nitrogen and oxygen atoms in total. The van der Waals surface area contributed by atoms with Crippen LogP contribution in [-0.4, -0.2) is 24.1 Å². The maximum absolute atomic E-state index is 6.05. The molecule has 1 aromatic rings. The normalized spacial score (nSPS) is 28.6. The van der Waals surface area contributed by atoms with Gasteiger partial charge in [-0.1, -0.05) is 43.5 Å². The Hall–Kier alpha value is 0.230. The second-order valence-electron chi connectivity index (χ2n) is 3.68. The first kappa shape index (κ1) is 12.7. The summed E-state index contributed by atoms with van der Waals surface area (Å²) in [4.78, 5) is 0.369. The van der Waals surface area contributed by atoms with Gasteiger partial charge in [0, 0.05) is 22.8 Å². The first-order chi connectivity index (χ1) is 7.61. The lowest BCUT2D eigenvalue weighted by atomic mass is 9.91. The standard InChI is InChI=1S/C11H11Br2ClO2/c1-15-11-7(13)5-10(11)16-9-4-6(12)2-3-8(9)14/h2-4,7,10-11H,5H2,1H3. The zero-order chi connectivity index (χ0) is 11.7. The van der Waals surface area contributed by atoms with Crippen molar-refractivity contribution in [2.45, 2.75) is 23.5 Å². The average Bonchev–Trinajstić information content (AvgIpc) is 2.23. The fourth-order valence-electron chi connectivity index (χ4n) is 1.67. The van der Waals surface area contributed by atoms with Gasteiger partial charge in [-0.2, -0.15) is 0 Å². The zero-order valence-corrected chi connectivity index (χ0v) is 12.5. The van der Waals surface area contributed by atoms with Gasteiger partial charge in [0.1, 0.15) is 18.0 Å². The van der Waals surface area contributed by atoms with Crippen LogP contribution < -0.4 is 4.74 Å². The van der Waals surface area contributed by atoms with Gasteiger partial charge in [0.15, 0.2) is 0 Å². The highest BCUT2D eigenvalue weighted by Crippen LogP contribution is 2.36. The summed E-state index contributed by atoms with van der Waals surface area (Å²) in [6.07, 6.45) is 1.10. The molecule has 3 unspecified atom stereocenters. The Morgan fingerprint density at radius 2 is 2.19 bits per heavy atom. The second-order valence-corrected chi connectivity index (χ2v) is 6.18. The highest BCUT2D eigenvalue weighted by Gasteiger charge is 2.41. The largest absolute Gasteiger partial charge is 0.486 e. The van der Waals surface area contributed by atoms with Gasteiger partial charge < -0.3 is 9.47 Å². The quantitative estimate of drug-likeness (QED) is 0.748. The number of ether oxygens (including phenoxy) is 2. The van der Waals surface area contributed by atoms with Crippen LogP contribution in [-0.2, 0) is 4.74 Å². The van der Waals surface area contributed by atoms with Crippen molar-refractivity contribution >= 4 is 43.5 Å². The number of hydrogen-bond acceptors (Lipinski definition) is 2. The Morgan fingerprint density at radius 1 is 1.44 bits per heavy atom. The Morgan fingerprint density at radius 3 is 2.81 bits per heavy atom. The first-order valence-electron chi connectivity index (χ1n) is 4.90. The number of methoxy groups -OCH3 is 1. The topological polar surface area (TPSA) is 18.5 Å². The van der Waals surface area contributed by atoms with Gasteiger partial charge in [0.25, 0.3) is 0 Å². The Kier molecular flexibility index (Phi) is 4.16. The molecular weight excluding hydrogens is 359 g/mol. The minimum absolute atomic E-state index is 0.0705. The molecule has 0 N–H and O–H groups in total. The van der Waals surface area contributed by atoms with Gasteiger partial charge >= 0.3 is 0 Å². The minimum Gasteiger partial charge on any atom is -0.486 e.